The predicted octanol–water partition coefficient (Wildman–Crippen LogP) is 1.53. The van der Waals surface area contributed by atoms with E-state index >= 15 is 0 Å². The first kappa shape index (κ1) is 12.6. The average Bonchev–Trinajstić information content (AvgIpc) is 2.41. The summed E-state index contributed by atoms with van der Waals surface area (Å²) in [6, 6.07) is 1.63. The molecule has 0 unspecified atom stereocenters. The Morgan fingerprint density at radius 2 is 2.17 bits per heavy atom. The minimum atomic E-state index is -0.0101. The second-order valence-electron chi connectivity index (χ2n) is 4.74. The summed E-state index contributed by atoms with van der Waals surface area (Å²) in [7, 11) is 0. The number of oxime groups is 1. The molecule has 6 heteroatoms. The van der Waals surface area contributed by atoms with Crippen LogP contribution in [-0.2, 0) is 0 Å². The monoisotopic (exact) mass is 250 g/mol. The van der Waals surface area contributed by atoms with E-state index in [1.165, 1.54) is 6.20 Å². The maximum absolute atomic E-state index is 8.71. The molecule has 98 valence electrons. The van der Waals surface area contributed by atoms with Gasteiger partial charge >= 0.3 is 0 Å². The molecule has 2 rings (SSSR count). The van der Waals surface area contributed by atoms with E-state index in [1.807, 2.05) is 0 Å². The van der Waals surface area contributed by atoms with Gasteiger partial charge in [-0.2, -0.15) is 5.10 Å². The van der Waals surface area contributed by atoms with Crippen molar-refractivity contribution in [3.05, 3.63) is 17.8 Å². The van der Waals surface area contributed by atoms with Crippen molar-refractivity contribution in [3.63, 3.8) is 0 Å². The molecule has 1 fully saturated rings. The molecule has 1 aliphatic rings. The molecule has 0 saturated heterocycles. The van der Waals surface area contributed by atoms with E-state index in [9.17, 15) is 0 Å². The third kappa shape index (κ3) is 2.88. The molecule has 0 bridgehead atoms. The summed E-state index contributed by atoms with van der Waals surface area (Å²) in [5, 5.41) is 19.4. The van der Waals surface area contributed by atoms with Gasteiger partial charge in [0.1, 0.15) is 6.10 Å². The summed E-state index contributed by atoms with van der Waals surface area (Å²) in [5.74, 6) is 1.09. The second-order valence-corrected chi connectivity index (χ2v) is 4.74. The Hall–Kier alpha value is -1.85. The van der Waals surface area contributed by atoms with E-state index in [0.29, 0.717) is 11.4 Å². The van der Waals surface area contributed by atoms with Crippen LogP contribution in [0, 0.1) is 5.92 Å². The fourth-order valence-electron chi connectivity index (χ4n) is 2.16. The first-order valence-electron chi connectivity index (χ1n) is 6.17. The van der Waals surface area contributed by atoms with Crippen molar-refractivity contribution < 1.29 is 9.94 Å². The van der Waals surface area contributed by atoms with Crippen molar-refractivity contribution >= 4 is 5.84 Å². The molecule has 1 heterocycles. The molecule has 0 aromatic carbocycles. The number of rotatable bonds is 3. The molecule has 0 atom stereocenters. The van der Waals surface area contributed by atoms with Crippen molar-refractivity contribution in [1.82, 2.24) is 10.2 Å². The summed E-state index contributed by atoms with van der Waals surface area (Å²) in [6.07, 6.45) is 5.96. The van der Waals surface area contributed by atoms with Gasteiger partial charge in [-0.3, -0.25) is 0 Å². The van der Waals surface area contributed by atoms with Crippen LogP contribution in [0.15, 0.2) is 17.4 Å². The van der Waals surface area contributed by atoms with Crippen LogP contribution >= 0.6 is 0 Å². The molecule has 0 radical (unpaired) electrons. The smallest absolute Gasteiger partial charge is 0.244 e. The first-order chi connectivity index (χ1) is 8.70. The normalized spacial score (nSPS) is 24.8. The van der Waals surface area contributed by atoms with Crippen LogP contribution in [0.5, 0.6) is 5.88 Å². The summed E-state index contributed by atoms with van der Waals surface area (Å²) >= 11 is 0. The van der Waals surface area contributed by atoms with E-state index in [1.54, 1.807) is 6.07 Å². The van der Waals surface area contributed by atoms with Crippen LogP contribution in [-0.4, -0.2) is 27.3 Å². The quantitative estimate of drug-likeness (QED) is 0.367. The van der Waals surface area contributed by atoms with Crippen LogP contribution in [0.3, 0.4) is 0 Å². The zero-order valence-corrected chi connectivity index (χ0v) is 10.4. The molecule has 0 spiro atoms. The maximum Gasteiger partial charge on any atom is 0.244 e. The highest BCUT2D eigenvalue weighted by Crippen LogP contribution is 2.27. The predicted molar refractivity (Wildman–Crippen MR) is 66.6 cm³/mol. The number of nitrogens with zero attached hydrogens (tertiary/aromatic N) is 3. The van der Waals surface area contributed by atoms with E-state index in [-0.39, 0.29) is 11.9 Å². The number of hydrogen-bond acceptors (Lipinski definition) is 5. The first-order valence-corrected chi connectivity index (χ1v) is 6.17. The average molecular weight is 250 g/mol. The van der Waals surface area contributed by atoms with Gasteiger partial charge in [0, 0.05) is 0 Å². The number of amidine groups is 1. The lowest BCUT2D eigenvalue weighted by molar-refractivity contribution is 0.128. The van der Waals surface area contributed by atoms with Crippen molar-refractivity contribution in [3.8, 4) is 5.88 Å². The maximum atomic E-state index is 8.71. The van der Waals surface area contributed by atoms with Crippen molar-refractivity contribution in [1.29, 1.82) is 0 Å². The minimum absolute atomic E-state index is 0.0101. The standard InChI is InChI=1S/C12H18N4O2/c1-8-2-4-9(5-3-8)18-12-10(11(13)16-17)6-7-14-15-12/h6-9,17H,2-5H2,1H3,(H2,13,16). The highest BCUT2D eigenvalue weighted by Gasteiger charge is 2.21. The van der Waals surface area contributed by atoms with Gasteiger partial charge in [0.2, 0.25) is 5.88 Å². The van der Waals surface area contributed by atoms with Crippen molar-refractivity contribution in [2.75, 3.05) is 0 Å². The van der Waals surface area contributed by atoms with Crippen LogP contribution in [0.1, 0.15) is 38.2 Å². The van der Waals surface area contributed by atoms with Gasteiger partial charge in [0.05, 0.1) is 11.8 Å². The molecule has 6 nitrogen and oxygen atoms in total. The van der Waals surface area contributed by atoms with Gasteiger partial charge < -0.3 is 15.7 Å². The van der Waals surface area contributed by atoms with Crippen molar-refractivity contribution in [2.45, 2.75) is 38.7 Å². The van der Waals surface area contributed by atoms with Crippen LogP contribution in [0.2, 0.25) is 0 Å². The summed E-state index contributed by atoms with van der Waals surface area (Å²) in [4.78, 5) is 0. The molecule has 1 aromatic rings. The largest absolute Gasteiger partial charge is 0.473 e. The molecule has 3 N–H and O–H groups in total. The summed E-state index contributed by atoms with van der Waals surface area (Å²) in [6.45, 7) is 2.25. The Morgan fingerprint density at radius 1 is 1.44 bits per heavy atom. The zero-order valence-electron chi connectivity index (χ0n) is 10.4. The SMILES string of the molecule is CC1CCC(Oc2nnccc2/C(N)=N/O)CC1. The van der Waals surface area contributed by atoms with Gasteiger partial charge in [-0.05, 0) is 37.7 Å². The molecule has 0 aliphatic heterocycles. The molecular weight excluding hydrogens is 232 g/mol. The number of ether oxygens (including phenoxy) is 1. The van der Waals surface area contributed by atoms with Gasteiger partial charge in [-0.15, -0.1) is 5.10 Å². The Balaban J connectivity index is 2.09. The van der Waals surface area contributed by atoms with Crippen LogP contribution < -0.4 is 10.5 Å². The lowest BCUT2D eigenvalue weighted by atomic mass is 9.89. The van der Waals surface area contributed by atoms with E-state index < -0.39 is 0 Å². The van der Waals surface area contributed by atoms with Gasteiger partial charge in [0.25, 0.3) is 0 Å². The molecule has 18 heavy (non-hydrogen) atoms. The fraction of sp³-hybridized carbons (Fsp3) is 0.583. The lowest BCUT2D eigenvalue weighted by Gasteiger charge is -2.26. The van der Waals surface area contributed by atoms with Crippen LogP contribution in [0.4, 0.5) is 0 Å². The lowest BCUT2D eigenvalue weighted by Crippen LogP contribution is -2.25. The van der Waals surface area contributed by atoms with E-state index in [4.69, 9.17) is 15.7 Å². The van der Waals surface area contributed by atoms with E-state index in [2.05, 4.69) is 22.3 Å². The third-order valence-corrected chi connectivity index (χ3v) is 3.31. The Bertz CT molecular complexity index is 428. The highest BCUT2D eigenvalue weighted by molar-refractivity contribution is 5.98. The zero-order chi connectivity index (χ0) is 13.0. The summed E-state index contributed by atoms with van der Waals surface area (Å²) in [5.41, 5.74) is 6.05. The molecule has 0 amide bonds. The Kier molecular flexibility index (Phi) is 3.96. The summed E-state index contributed by atoms with van der Waals surface area (Å²) < 4.78 is 5.81. The highest BCUT2D eigenvalue weighted by atomic mass is 16.5. The van der Waals surface area contributed by atoms with Crippen LogP contribution in [0.25, 0.3) is 0 Å². The molecular formula is C12H18N4O2. The van der Waals surface area contributed by atoms with Gasteiger partial charge in [-0.25, -0.2) is 0 Å². The van der Waals surface area contributed by atoms with Gasteiger partial charge in [-0.1, -0.05) is 12.1 Å². The minimum Gasteiger partial charge on any atom is -0.473 e. The third-order valence-electron chi connectivity index (χ3n) is 3.31. The number of nitrogens with two attached hydrogens (primary N) is 1. The Morgan fingerprint density at radius 3 is 2.83 bits per heavy atom. The van der Waals surface area contributed by atoms with E-state index in [0.717, 1.165) is 31.6 Å². The second kappa shape index (κ2) is 5.66. The fourth-order valence-corrected chi connectivity index (χ4v) is 2.16. The van der Waals surface area contributed by atoms with Gasteiger partial charge in [0.15, 0.2) is 5.84 Å². The number of aromatic nitrogens is 2. The van der Waals surface area contributed by atoms with Crippen molar-refractivity contribution in [2.24, 2.45) is 16.8 Å². The molecule has 1 aliphatic carbocycles. The Labute approximate surface area is 106 Å². The molecule has 1 aromatic heterocycles. The number of hydrogen-bond donors (Lipinski definition) is 2. The molecule has 1 saturated carbocycles. The topological polar surface area (TPSA) is 93.6 Å².